The molecule has 0 saturated carbocycles. The van der Waals surface area contributed by atoms with Gasteiger partial charge in [-0.3, -0.25) is 19.3 Å². The van der Waals surface area contributed by atoms with Gasteiger partial charge in [0.25, 0.3) is 17.7 Å². The van der Waals surface area contributed by atoms with E-state index in [1.165, 1.54) is 6.92 Å². The number of imide groups is 1. The van der Waals surface area contributed by atoms with Gasteiger partial charge in [-0.25, -0.2) is 4.79 Å². The Morgan fingerprint density at radius 3 is 2.35 bits per heavy atom. The second kappa shape index (κ2) is 7.27. The van der Waals surface area contributed by atoms with Gasteiger partial charge in [0, 0.05) is 12.6 Å². The molecule has 0 N–H and O–H groups in total. The van der Waals surface area contributed by atoms with Crippen molar-refractivity contribution in [3.63, 3.8) is 0 Å². The summed E-state index contributed by atoms with van der Waals surface area (Å²) in [5, 5.41) is 0. The van der Waals surface area contributed by atoms with Crippen LogP contribution in [0.1, 0.15) is 53.8 Å². The molecule has 7 nitrogen and oxygen atoms in total. The van der Waals surface area contributed by atoms with Crippen molar-refractivity contribution in [2.75, 3.05) is 13.2 Å². The van der Waals surface area contributed by atoms with E-state index in [1.807, 2.05) is 6.92 Å². The third-order valence-electron chi connectivity index (χ3n) is 5.02. The van der Waals surface area contributed by atoms with Crippen LogP contribution in [0.3, 0.4) is 0 Å². The molecule has 138 valence electrons. The largest absolute Gasteiger partial charge is 0.454 e. The van der Waals surface area contributed by atoms with E-state index in [4.69, 9.17) is 4.74 Å². The molecule has 26 heavy (non-hydrogen) atoms. The fourth-order valence-corrected chi connectivity index (χ4v) is 3.47. The molecule has 1 aromatic rings. The first-order valence-corrected chi connectivity index (χ1v) is 8.85. The molecule has 0 aromatic heterocycles. The third kappa shape index (κ3) is 3.21. The third-order valence-corrected chi connectivity index (χ3v) is 5.02. The van der Waals surface area contributed by atoms with E-state index < -0.39 is 23.8 Å². The highest BCUT2D eigenvalue weighted by atomic mass is 16.5. The summed E-state index contributed by atoms with van der Waals surface area (Å²) in [6, 6.07) is 5.46. The lowest BCUT2D eigenvalue weighted by Crippen LogP contribution is -2.46. The van der Waals surface area contributed by atoms with E-state index in [2.05, 4.69) is 0 Å². The molecule has 2 atom stereocenters. The van der Waals surface area contributed by atoms with Crippen molar-refractivity contribution >= 4 is 23.7 Å². The Labute approximate surface area is 151 Å². The maximum absolute atomic E-state index is 12.4. The van der Waals surface area contributed by atoms with Gasteiger partial charge in [0.2, 0.25) is 0 Å². The maximum atomic E-state index is 12.4. The molecular weight excluding hydrogens is 336 g/mol. The van der Waals surface area contributed by atoms with Crippen LogP contribution in [-0.4, -0.2) is 58.7 Å². The molecule has 0 spiro atoms. The fourth-order valence-electron chi connectivity index (χ4n) is 3.47. The van der Waals surface area contributed by atoms with Gasteiger partial charge in [0.1, 0.15) is 6.04 Å². The Kier molecular flexibility index (Phi) is 5.06. The normalized spacial score (nSPS) is 20.8. The van der Waals surface area contributed by atoms with Crippen molar-refractivity contribution in [1.29, 1.82) is 0 Å². The highest BCUT2D eigenvalue weighted by molar-refractivity contribution is 6.22. The van der Waals surface area contributed by atoms with Gasteiger partial charge in [-0.05, 0) is 45.2 Å². The van der Waals surface area contributed by atoms with Crippen LogP contribution in [0.4, 0.5) is 0 Å². The molecule has 1 aromatic carbocycles. The molecule has 7 heteroatoms. The van der Waals surface area contributed by atoms with Gasteiger partial charge in [0.05, 0.1) is 11.1 Å². The zero-order valence-corrected chi connectivity index (χ0v) is 14.9. The quantitative estimate of drug-likeness (QED) is 0.603. The SMILES string of the molecule is C[C@@H]1CCCCN1C(=O)COC(=O)[C@H](C)N1C(=O)c2ccccc2C1=O. The van der Waals surface area contributed by atoms with E-state index >= 15 is 0 Å². The first kappa shape index (κ1) is 18.1. The summed E-state index contributed by atoms with van der Waals surface area (Å²) in [6.07, 6.45) is 2.96. The van der Waals surface area contributed by atoms with Gasteiger partial charge < -0.3 is 9.64 Å². The number of benzene rings is 1. The topological polar surface area (TPSA) is 84.0 Å². The van der Waals surface area contributed by atoms with Gasteiger partial charge in [-0.15, -0.1) is 0 Å². The summed E-state index contributed by atoms with van der Waals surface area (Å²) in [5.41, 5.74) is 0.547. The Morgan fingerprint density at radius 1 is 1.15 bits per heavy atom. The Hall–Kier alpha value is -2.70. The van der Waals surface area contributed by atoms with Crippen LogP contribution in [0.15, 0.2) is 24.3 Å². The number of hydrogen-bond donors (Lipinski definition) is 0. The number of fused-ring (bicyclic) bond motifs is 1. The van der Waals surface area contributed by atoms with Crippen molar-refractivity contribution < 1.29 is 23.9 Å². The minimum Gasteiger partial charge on any atom is -0.454 e. The molecule has 3 rings (SSSR count). The number of nitrogens with zero attached hydrogens (tertiary/aromatic N) is 2. The second-order valence-corrected chi connectivity index (χ2v) is 6.74. The van der Waals surface area contributed by atoms with E-state index in [9.17, 15) is 19.2 Å². The van der Waals surface area contributed by atoms with Crippen molar-refractivity contribution in [1.82, 2.24) is 9.80 Å². The number of ether oxygens (including phenoxy) is 1. The van der Waals surface area contributed by atoms with Crippen molar-refractivity contribution in [2.45, 2.75) is 45.2 Å². The molecule has 2 aliphatic heterocycles. The minimum atomic E-state index is -1.09. The predicted molar refractivity (Wildman–Crippen MR) is 92.4 cm³/mol. The number of likely N-dealkylation sites (tertiary alicyclic amines) is 1. The number of hydrogen-bond acceptors (Lipinski definition) is 5. The zero-order valence-electron chi connectivity index (χ0n) is 14.9. The van der Waals surface area contributed by atoms with Crippen LogP contribution in [0.25, 0.3) is 0 Å². The lowest BCUT2D eigenvalue weighted by atomic mass is 10.0. The molecule has 0 radical (unpaired) electrons. The van der Waals surface area contributed by atoms with Gasteiger partial charge in [-0.1, -0.05) is 12.1 Å². The van der Waals surface area contributed by atoms with Crippen molar-refractivity contribution in [3.8, 4) is 0 Å². The minimum absolute atomic E-state index is 0.128. The van der Waals surface area contributed by atoms with E-state index in [0.29, 0.717) is 6.54 Å². The van der Waals surface area contributed by atoms with Gasteiger partial charge in [-0.2, -0.15) is 0 Å². The number of carbonyl (C=O) groups is 4. The Balaban J connectivity index is 1.61. The predicted octanol–water partition coefficient (Wildman–Crippen LogP) is 1.62. The summed E-state index contributed by atoms with van der Waals surface area (Å²) in [6.45, 7) is 3.68. The molecule has 1 fully saturated rings. The molecule has 0 aliphatic carbocycles. The smallest absolute Gasteiger partial charge is 0.329 e. The van der Waals surface area contributed by atoms with Crippen LogP contribution in [0.5, 0.6) is 0 Å². The first-order valence-electron chi connectivity index (χ1n) is 8.85. The molecule has 1 saturated heterocycles. The molecule has 0 bridgehead atoms. The average molecular weight is 358 g/mol. The zero-order chi connectivity index (χ0) is 18.8. The van der Waals surface area contributed by atoms with Crippen LogP contribution < -0.4 is 0 Å². The number of piperidine rings is 1. The summed E-state index contributed by atoms with van der Waals surface area (Å²) in [5.74, 6) is -2.06. The maximum Gasteiger partial charge on any atom is 0.329 e. The van der Waals surface area contributed by atoms with Crippen LogP contribution >= 0.6 is 0 Å². The fraction of sp³-hybridized carbons (Fsp3) is 0.474. The summed E-state index contributed by atoms with van der Waals surface area (Å²) in [7, 11) is 0. The summed E-state index contributed by atoms with van der Waals surface area (Å²) >= 11 is 0. The van der Waals surface area contributed by atoms with Crippen molar-refractivity contribution in [2.24, 2.45) is 0 Å². The number of carbonyl (C=O) groups excluding carboxylic acids is 4. The first-order chi connectivity index (χ1) is 12.4. The van der Waals surface area contributed by atoms with Crippen LogP contribution in [-0.2, 0) is 14.3 Å². The molecule has 2 heterocycles. The average Bonchev–Trinajstić information content (AvgIpc) is 2.90. The van der Waals surface area contributed by atoms with Crippen molar-refractivity contribution in [3.05, 3.63) is 35.4 Å². The Morgan fingerprint density at radius 2 is 1.77 bits per heavy atom. The highest BCUT2D eigenvalue weighted by Crippen LogP contribution is 2.25. The summed E-state index contributed by atoms with van der Waals surface area (Å²) in [4.78, 5) is 52.0. The molecule has 0 unspecified atom stereocenters. The lowest BCUT2D eigenvalue weighted by Gasteiger charge is -2.33. The van der Waals surface area contributed by atoms with E-state index in [1.54, 1.807) is 29.2 Å². The monoisotopic (exact) mass is 358 g/mol. The number of rotatable bonds is 4. The van der Waals surface area contributed by atoms with Gasteiger partial charge in [0.15, 0.2) is 6.61 Å². The van der Waals surface area contributed by atoms with Crippen LogP contribution in [0.2, 0.25) is 0 Å². The molecule has 2 aliphatic rings. The Bertz CT molecular complexity index is 725. The highest BCUT2D eigenvalue weighted by Gasteiger charge is 2.41. The van der Waals surface area contributed by atoms with E-state index in [-0.39, 0.29) is 29.7 Å². The van der Waals surface area contributed by atoms with Crippen LogP contribution in [0, 0.1) is 0 Å². The second-order valence-electron chi connectivity index (χ2n) is 6.74. The lowest BCUT2D eigenvalue weighted by molar-refractivity contribution is -0.156. The molecular formula is C19H22N2O5. The van der Waals surface area contributed by atoms with Gasteiger partial charge >= 0.3 is 5.97 Å². The number of esters is 1. The van der Waals surface area contributed by atoms with E-state index in [0.717, 1.165) is 24.2 Å². The number of amides is 3. The molecule has 3 amide bonds. The summed E-state index contributed by atoms with van der Waals surface area (Å²) < 4.78 is 5.10. The standard InChI is InChI=1S/C19H22N2O5/c1-12-7-5-6-10-20(12)16(22)11-26-19(25)13(2)21-17(23)14-8-3-4-9-15(14)18(21)24/h3-4,8-9,12-13H,5-7,10-11H2,1-2H3/t12-,13+/m1/s1.